The number of likely N-dealkylation sites (N-methyl/N-ethyl adjacent to an activating group) is 1. The van der Waals surface area contributed by atoms with E-state index in [0.717, 1.165) is 5.75 Å². The van der Waals surface area contributed by atoms with E-state index in [1.54, 1.807) is 29.2 Å². The lowest BCUT2D eigenvalue weighted by Crippen LogP contribution is -2.33. The van der Waals surface area contributed by atoms with Gasteiger partial charge in [0.2, 0.25) is 5.91 Å². The van der Waals surface area contributed by atoms with Gasteiger partial charge in [0.25, 0.3) is 0 Å². The van der Waals surface area contributed by atoms with Crippen molar-refractivity contribution in [2.45, 2.75) is 0 Å². The number of carbonyl (C=O) groups excluding carboxylic acids is 1. The van der Waals surface area contributed by atoms with Crippen LogP contribution in [0.4, 0.5) is 5.69 Å². The van der Waals surface area contributed by atoms with Crippen molar-refractivity contribution >= 4 is 23.2 Å². The van der Waals surface area contributed by atoms with E-state index in [9.17, 15) is 4.79 Å². The topological polar surface area (TPSA) is 72.3 Å². The van der Waals surface area contributed by atoms with Crippen LogP contribution in [0.25, 0.3) is 5.69 Å². The summed E-state index contributed by atoms with van der Waals surface area (Å²) in [6.45, 7) is 1.34. The molecule has 0 saturated heterocycles. The van der Waals surface area contributed by atoms with Crippen molar-refractivity contribution in [3.63, 3.8) is 0 Å². The number of anilines is 1. The summed E-state index contributed by atoms with van der Waals surface area (Å²) in [5.74, 6) is 0.660. The Bertz CT molecular complexity index is 871. The Labute approximate surface area is 162 Å². The number of aromatic nitrogens is 3. The van der Waals surface area contributed by atoms with E-state index in [2.05, 4.69) is 15.4 Å². The highest BCUT2D eigenvalue weighted by Gasteiger charge is 2.12. The lowest BCUT2D eigenvalue weighted by molar-refractivity contribution is -0.117. The van der Waals surface area contributed by atoms with Crippen LogP contribution in [0, 0.1) is 0 Å². The average Bonchev–Trinajstić information content (AvgIpc) is 3.17. The first-order valence-corrected chi connectivity index (χ1v) is 8.80. The number of nitrogens with zero attached hydrogens (tertiary/aromatic N) is 4. The van der Waals surface area contributed by atoms with Gasteiger partial charge in [-0.3, -0.25) is 9.69 Å². The maximum absolute atomic E-state index is 12.4. The van der Waals surface area contributed by atoms with Crippen LogP contribution < -0.4 is 10.1 Å². The Morgan fingerprint density at radius 3 is 2.81 bits per heavy atom. The second-order valence-electron chi connectivity index (χ2n) is 5.95. The summed E-state index contributed by atoms with van der Waals surface area (Å²) in [5.41, 5.74) is 1.27. The number of amides is 1. The highest BCUT2D eigenvalue weighted by Crippen LogP contribution is 2.23. The van der Waals surface area contributed by atoms with Gasteiger partial charge in [-0.15, -0.1) is 0 Å². The number of nitrogens with one attached hydrogen (secondary N) is 1. The summed E-state index contributed by atoms with van der Waals surface area (Å²) in [5, 5.41) is 7.51. The third-order valence-corrected chi connectivity index (χ3v) is 4.03. The van der Waals surface area contributed by atoms with Crippen LogP contribution in [0.1, 0.15) is 0 Å². The molecule has 0 saturated carbocycles. The first-order valence-electron chi connectivity index (χ1n) is 8.42. The fourth-order valence-electron chi connectivity index (χ4n) is 2.49. The predicted octanol–water partition coefficient (Wildman–Crippen LogP) is 2.87. The van der Waals surface area contributed by atoms with Crippen LogP contribution in [-0.4, -0.2) is 52.3 Å². The molecule has 0 aliphatic heterocycles. The Morgan fingerprint density at radius 1 is 1.26 bits per heavy atom. The molecule has 1 amide bonds. The van der Waals surface area contributed by atoms with Gasteiger partial charge < -0.3 is 10.1 Å². The van der Waals surface area contributed by atoms with Crippen LogP contribution >= 0.6 is 11.6 Å². The molecule has 0 radical (unpaired) electrons. The van der Waals surface area contributed by atoms with E-state index in [1.807, 2.05) is 42.3 Å². The minimum atomic E-state index is -0.152. The van der Waals surface area contributed by atoms with Crippen LogP contribution in [0.3, 0.4) is 0 Å². The van der Waals surface area contributed by atoms with Crippen molar-refractivity contribution in [3.05, 3.63) is 66.2 Å². The molecule has 2 aromatic carbocycles. The highest BCUT2D eigenvalue weighted by atomic mass is 35.5. The lowest BCUT2D eigenvalue weighted by atomic mass is 10.2. The Morgan fingerprint density at radius 2 is 2.07 bits per heavy atom. The van der Waals surface area contributed by atoms with Crippen LogP contribution in [0.15, 0.2) is 61.2 Å². The van der Waals surface area contributed by atoms with Gasteiger partial charge in [-0.25, -0.2) is 9.67 Å². The smallest absolute Gasteiger partial charge is 0.238 e. The molecule has 0 aliphatic rings. The molecule has 3 rings (SSSR count). The van der Waals surface area contributed by atoms with Gasteiger partial charge in [0.05, 0.1) is 17.9 Å². The quantitative estimate of drug-likeness (QED) is 0.645. The molecule has 0 atom stereocenters. The minimum Gasteiger partial charge on any atom is -0.492 e. The van der Waals surface area contributed by atoms with Gasteiger partial charge in [-0.05, 0) is 37.4 Å². The van der Waals surface area contributed by atoms with Crippen molar-refractivity contribution in [3.8, 4) is 11.4 Å². The van der Waals surface area contributed by atoms with E-state index >= 15 is 0 Å². The van der Waals surface area contributed by atoms with E-state index < -0.39 is 0 Å². The van der Waals surface area contributed by atoms with Crippen molar-refractivity contribution in [2.24, 2.45) is 0 Å². The Hall–Kier alpha value is -2.90. The summed E-state index contributed by atoms with van der Waals surface area (Å²) in [6.07, 6.45) is 2.99. The van der Waals surface area contributed by atoms with E-state index in [1.165, 1.54) is 6.33 Å². The molecule has 0 aliphatic carbocycles. The van der Waals surface area contributed by atoms with Crippen LogP contribution in [0.5, 0.6) is 5.75 Å². The van der Waals surface area contributed by atoms with Crippen LogP contribution in [-0.2, 0) is 4.79 Å². The van der Waals surface area contributed by atoms with Gasteiger partial charge in [0, 0.05) is 11.6 Å². The largest absolute Gasteiger partial charge is 0.492 e. The molecular weight excluding hydrogens is 366 g/mol. The van der Waals surface area contributed by atoms with Gasteiger partial charge in [0.1, 0.15) is 25.0 Å². The molecule has 27 heavy (non-hydrogen) atoms. The number of hydrogen-bond acceptors (Lipinski definition) is 5. The Balaban J connectivity index is 1.54. The first kappa shape index (κ1) is 18.9. The fraction of sp³-hybridized carbons (Fsp3) is 0.211. The average molecular weight is 386 g/mol. The monoisotopic (exact) mass is 385 g/mol. The van der Waals surface area contributed by atoms with Gasteiger partial charge in [0.15, 0.2) is 0 Å². The molecule has 1 heterocycles. The molecular formula is C19H20ClN5O2. The molecule has 0 bridgehead atoms. The standard InChI is InChI=1S/C19H20ClN5O2/c1-24(9-10-27-16-5-3-2-4-6-16)12-19(26)23-17-11-15(20)7-8-18(17)25-14-21-13-22-25/h2-8,11,13-14H,9-10,12H2,1H3,(H,23,26). The van der Waals surface area contributed by atoms with Gasteiger partial charge in [-0.1, -0.05) is 29.8 Å². The number of para-hydroxylation sites is 1. The van der Waals surface area contributed by atoms with Gasteiger partial charge in [-0.2, -0.15) is 5.10 Å². The highest BCUT2D eigenvalue weighted by molar-refractivity contribution is 6.31. The molecule has 1 N–H and O–H groups in total. The second-order valence-corrected chi connectivity index (χ2v) is 6.39. The fourth-order valence-corrected chi connectivity index (χ4v) is 2.66. The first-order chi connectivity index (χ1) is 13.1. The van der Waals surface area contributed by atoms with Crippen LogP contribution in [0.2, 0.25) is 5.02 Å². The van der Waals surface area contributed by atoms with E-state index in [0.29, 0.717) is 29.5 Å². The zero-order chi connectivity index (χ0) is 19.1. The zero-order valence-corrected chi connectivity index (χ0v) is 15.6. The summed E-state index contributed by atoms with van der Waals surface area (Å²) in [6, 6.07) is 14.8. The van der Waals surface area contributed by atoms with Crippen molar-refractivity contribution in [1.29, 1.82) is 0 Å². The van der Waals surface area contributed by atoms with E-state index in [4.69, 9.17) is 16.3 Å². The third kappa shape index (κ3) is 5.54. The molecule has 8 heteroatoms. The molecule has 0 spiro atoms. The lowest BCUT2D eigenvalue weighted by Gasteiger charge is -2.17. The summed E-state index contributed by atoms with van der Waals surface area (Å²) in [4.78, 5) is 18.2. The maximum atomic E-state index is 12.4. The molecule has 3 aromatic rings. The zero-order valence-electron chi connectivity index (χ0n) is 14.9. The normalized spacial score (nSPS) is 10.8. The number of hydrogen-bond donors (Lipinski definition) is 1. The van der Waals surface area contributed by atoms with E-state index in [-0.39, 0.29) is 12.5 Å². The number of halogens is 1. The molecule has 1 aromatic heterocycles. The summed E-state index contributed by atoms with van der Waals surface area (Å²) < 4.78 is 7.22. The number of ether oxygens (including phenoxy) is 1. The Kier molecular flexibility index (Phi) is 6.40. The summed E-state index contributed by atoms with van der Waals surface area (Å²) >= 11 is 6.07. The minimum absolute atomic E-state index is 0.152. The number of rotatable bonds is 8. The molecule has 140 valence electrons. The maximum Gasteiger partial charge on any atom is 0.238 e. The second kappa shape index (κ2) is 9.16. The van der Waals surface area contributed by atoms with Crippen molar-refractivity contribution < 1.29 is 9.53 Å². The molecule has 0 unspecified atom stereocenters. The van der Waals surface area contributed by atoms with Crippen molar-refractivity contribution in [1.82, 2.24) is 19.7 Å². The van der Waals surface area contributed by atoms with Gasteiger partial charge >= 0.3 is 0 Å². The molecule has 7 nitrogen and oxygen atoms in total. The predicted molar refractivity (Wildman–Crippen MR) is 104 cm³/mol. The third-order valence-electron chi connectivity index (χ3n) is 3.80. The SMILES string of the molecule is CN(CCOc1ccccc1)CC(=O)Nc1cc(Cl)ccc1-n1cncn1. The van der Waals surface area contributed by atoms with Crippen molar-refractivity contribution in [2.75, 3.05) is 32.1 Å². The number of benzene rings is 2. The summed E-state index contributed by atoms with van der Waals surface area (Å²) in [7, 11) is 1.87. The number of carbonyl (C=O) groups is 1. The molecule has 0 fully saturated rings.